The second-order valence-electron chi connectivity index (χ2n) is 6.64. The molecule has 0 spiro atoms. The van der Waals surface area contributed by atoms with E-state index in [-0.39, 0.29) is 29.6 Å². The number of rotatable bonds is 6. The maximum absolute atomic E-state index is 13.2. The number of halogens is 3. The monoisotopic (exact) mass is 366 g/mol. The van der Waals surface area contributed by atoms with Crippen molar-refractivity contribution in [2.24, 2.45) is 0 Å². The van der Waals surface area contributed by atoms with Gasteiger partial charge in [-0.1, -0.05) is 18.2 Å². The van der Waals surface area contributed by atoms with Gasteiger partial charge in [-0.3, -0.25) is 4.79 Å². The molecule has 1 aromatic heterocycles. The molecule has 1 aliphatic rings. The van der Waals surface area contributed by atoms with Crippen LogP contribution in [0.25, 0.3) is 0 Å². The molecule has 1 fully saturated rings. The molecule has 1 amide bonds. The molecule has 1 heterocycles. The molecule has 0 N–H and O–H groups in total. The number of carbonyl (C=O) groups excluding carboxylic acids is 1. The highest BCUT2D eigenvalue weighted by Gasteiger charge is 2.36. The first kappa shape index (κ1) is 18.5. The summed E-state index contributed by atoms with van der Waals surface area (Å²) in [6, 6.07) is 5.07. The number of carbonyl (C=O) groups is 1. The van der Waals surface area contributed by atoms with Crippen LogP contribution in [-0.4, -0.2) is 28.4 Å². The number of hydrogen-bond acceptors (Lipinski definition) is 3. The minimum atomic E-state index is -4.42. The zero-order chi connectivity index (χ0) is 18.9. The number of aromatic nitrogens is 1. The Hall–Kier alpha value is -2.31. The van der Waals surface area contributed by atoms with E-state index in [1.807, 2.05) is 0 Å². The van der Waals surface area contributed by atoms with Crippen LogP contribution in [0.1, 0.15) is 60.0 Å². The van der Waals surface area contributed by atoms with Crippen LogP contribution in [0.3, 0.4) is 0 Å². The highest BCUT2D eigenvalue weighted by Crippen LogP contribution is 2.41. The molecule has 3 rings (SSSR count). The Labute approximate surface area is 150 Å². The van der Waals surface area contributed by atoms with Gasteiger partial charge in [0.2, 0.25) is 5.76 Å². The second-order valence-corrected chi connectivity index (χ2v) is 6.64. The molecule has 140 valence electrons. The van der Waals surface area contributed by atoms with Crippen molar-refractivity contribution in [1.29, 1.82) is 0 Å². The van der Waals surface area contributed by atoms with Crippen molar-refractivity contribution in [3.8, 4) is 0 Å². The normalized spacial score (nSPS) is 15.7. The fourth-order valence-electron chi connectivity index (χ4n) is 3.25. The maximum Gasteiger partial charge on any atom is 0.416 e. The van der Waals surface area contributed by atoms with E-state index in [2.05, 4.69) is 4.98 Å². The Morgan fingerprint density at radius 3 is 2.65 bits per heavy atom. The molecule has 7 heteroatoms. The molecule has 0 radical (unpaired) electrons. The number of hydrogen-bond donors (Lipinski definition) is 0. The zero-order valence-corrected chi connectivity index (χ0v) is 14.7. The van der Waals surface area contributed by atoms with Crippen molar-refractivity contribution in [3.63, 3.8) is 0 Å². The highest BCUT2D eigenvalue weighted by atomic mass is 19.4. The van der Waals surface area contributed by atoms with Crippen molar-refractivity contribution in [1.82, 2.24) is 9.88 Å². The molecule has 4 nitrogen and oxygen atoms in total. The van der Waals surface area contributed by atoms with Crippen molar-refractivity contribution in [2.75, 3.05) is 6.54 Å². The number of likely N-dealkylation sites (N-methyl/N-ethyl adjacent to an activating group) is 1. The van der Waals surface area contributed by atoms with Crippen LogP contribution in [0, 0.1) is 0 Å². The standard InChI is InChI=1S/C19H21F3N2O2/c1-3-24(18(25)17-16(13-8-9-13)23-11-26-17)12(2)10-14-6-4-5-7-15(14)19(20,21)22/h4-7,11-13H,3,8-10H2,1-2H3. The molecule has 1 aliphatic carbocycles. The molecule has 26 heavy (non-hydrogen) atoms. The Bertz CT molecular complexity index is 781. The molecule has 2 aromatic rings. The summed E-state index contributed by atoms with van der Waals surface area (Å²) < 4.78 is 44.9. The molecular weight excluding hydrogens is 345 g/mol. The van der Waals surface area contributed by atoms with Gasteiger partial charge < -0.3 is 9.32 Å². The van der Waals surface area contributed by atoms with Gasteiger partial charge in [-0.25, -0.2) is 4.98 Å². The Morgan fingerprint density at radius 2 is 2.04 bits per heavy atom. The quantitative estimate of drug-likeness (QED) is 0.747. The van der Waals surface area contributed by atoms with Gasteiger partial charge in [0.05, 0.1) is 11.3 Å². The third-order valence-electron chi connectivity index (χ3n) is 4.72. The maximum atomic E-state index is 13.2. The number of amides is 1. The summed E-state index contributed by atoms with van der Waals surface area (Å²) in [6.45, 7) is 3.93. The molecule has 0 aliphatic heterocycles. The summed E-state index contributed by atoms with van der Waals surface area (Å²) in [5.41, 5.74) is 0.184. The van der Waals surface area contributed by atoms with Crippen molar-refractivity contribution in [2.45, 2.75) is 51.2 Å². The van der Waals surface area contributed by atoms with E-state index < -0.39 is 17.8 Å². The lowest BCUT2D eigenvalue weighted by Gasteiger charge is -2.28. The van der Waals surface area contributed by atoms with Crippen LogP contribution in [0.5, 0.6) is 0 Å². The van der Waals surface area contributed by atoms with Gasteiger partial charge in [0.1, 0.15) is 0 Å². The highest BCUT2D eigenvalue weighted by molar-refractivity contribution is 5.93. The van der Waals surface area contributed by atoms with Crippen LogP contribution in [0.4, 0.5) is 13.2 Å². The summed E-state index contributed by atoms with van der Waals surface area (Å²) in [5.74, 6) is 0.155. The fraction of sp³-hybridized carbons (Fsp3) is 0.474. The van der Waals surface area contributed by atoms with Gasteiger partial charge in [-0.2, -0.15) is 13.2 Å². The minimum Gasteiger partial charge on any atom is -0.438 e. The van der Waals surface area contributed by atoms with Crippen LogP contribution >= 0.6 is 0 Å². The van der Waals surface area contributed by atoms with E-state index in [4.69, 9.17) is 4.42 Å². The lowest BCUT2D eigenvalue weighted by molar-refractivity contribution is -0.138. The van der Waals surface area contributed by atoms with E-state index in [1.54, 1.807) is 24.8 Å². The average molecular weight is 366 g/mol. The van der Waals surface area contributed by atoms with Gasteiger partial charge in [0.15, 0.2) is 6.39 Å². The lowest BCUT2D eigenvalue weighted by atomic mass is 9.99. The molecule has 1 unspecified atom stereocenters. The largest absolute Gasteiger partial charge is 0.438 e. The molecular formula is C19H21F3N2O2. The van der Waals surface area contributed by atoms with Gasteiger partial charge in [-0.05, 0) is 44.7 Å². The Kier molecular flexibility index (Phi) is 5.07. The number of benzene rings is 1. The van der Waals surface area contributed by atoms with E-state index in [0.29, 0.717) is 12.2 Å². The predicted molar refractivity (Wildman–Crippen MR) is 89.8 cm³/mol. The Morgan fingerprint density at radius 1 is 1.35 bits per heavy atom. The predicted octanol–water partition coefficient (Wildman–Crippen LogP) is 4.66. The first-order valence-electron chi connectivity index (χ1n) is 8.72. The molecule has 0 bridgehead atoms. The fourth-order valence-corrected chi connectivity index (χ4v) is 3.25. The van der Waals surface area contributed by atoms with Gasteiger partial charge in [0, 0.05) is 18.5 Å². The smallest absolute Gasteiger partial charge is 0.416 e. The van der Waals surface area contributed by atoms with E-state index >= 15 is 0 Å². The Balaban J connectivity index is 1.80. The summed E-state index contributed by atoms with van der Waals surface area (Å²) in [7, 11) is 0. The first-order chi connectivity index (χ1) is 12.3. The minimum absolute atomic E-state index is 0.113. The van der Waals surface area contributed by atoms with Crippen LogP contribution in [-0.2, 0) is 12.6 Å². The molecule has 0 saturated heterocycles. The van der Waals surface area contributed by atoms with Crippen molar-refractivity contribution < 1.29 is 22.4 Å². The van der Waals surface area contributed by atoms with Crippen molar-refractivity contribution in [3.05, 3.63) is 53.2 Å². The number of alkyl halides is 3. The topological polar surface area (TPSA) is 46.3 Å². The van der Waals surface area contributed by atoms with Crippen molar-refractivity contribution >= 4 is 5.91 Å². The van der Waals surface area contributed by atoms with Gasteiger partial charge in [0.25, 0.3) is 5.91 Å². The number of oxazole rings is 1. The lowest BCUT2D eigenvalue weighted by Crippen LogP contribution is -2.40. The summed E-state index contributed by atoms with van der Waals surface area (Å²) >= 11 is 0. The van der Waals surface area contributed by atoms with E-state index in [9.17, 15) is 18.0 Å². The second kappa shape index (κ2) is 7.13. The van der Waals surface area contributed by atoms with E-state index in [1.165, 1.54) is 18.5 Å². The third kappa shape index (κ3) is 3.76. The summed E-state index contributed by atoms with van der Waals surface area (Å²) in [4.78, 5) is 18.6. The zero-order valence-electron chi connectivity index (χ0n) is 14.7. The summed E-state index contributed by atoms with van der Waals surface area (Å²) in [5, 5.41) is 0. The SMILES string of the molecule is CCN(C(=O)c1ocnc1C1CC1)C(C)Cc1ccccc1C(F)(F)F. The third-order valence-corrected chi connectivity index (χ3v) is 4.72. The van der Waals surface area contributed by atoms with Crippen LogP contribution in [0.15, 0.2) is 35.1 Å². The van der Waals surface area contributed by atoms with Gasteiger partial charge in [-0.15, -0.1) is 0 Å². The van der Waals surface area contributed by atoms with Crippen LogP contribution < -0.4 is 0 Å². The van der Waals surface area contributed by atoms with Crippen LogP contribution in [0.2, 0.25) is 0 Å². The molecule has 1 saturated carbocycles. The van der Waals surface area contributed by atoms with E-state index in [0.717, 1.165) is 18.9 Å². The summed E-state index contributed by atoms with van der Waals surface area (Å²) in [6.07, 6.45) is -1.08. The molecule has 1 aromatic carbocycles. The van der Waals surface area contributed by atoms with Gasteiger partial charge >= 0.3 is 6.18 Å². The molecule has 1 atom stereocenters. The first-order valence-corrected chi connectivity index (χ1v) is 8.72. The number of nitrogens with zero attached hydrogens (tertiary/aromatic N) is 2. The average Bonchev–Trinajstić information content (AvgIpc) is 3.31.